The molecule has 0 saturated carbocycles. The summed E-state index contributed by atoms with van der Waals surface area (Å²) in [4.78, 5) is 4.02. The molecule has 0 radical (unpaired) electrons. The number of pyridine rings is 1. The second-order valence-corrected chi connectivity index (χ2v) is 3.44. The van der Waals surface area contributed by atoms with Gasteiger partial charge in [-0.2, -0.15) is 5.26 Å². The Morgan fingerprint density at radius 1 is 1.58 bits per heavy atom. The van der Waals surface area contributed by atoms with Gasteiger partial charge in [0.25, 0.3) is 0 Å². The van der Waals surface area contributed by atoms with E-state index in [9.17, 15) is 0 Å². The van der Waals surface area contributed by atoms with Crippen LogP contribution in [0.4, 0.5) is 0 Å². The molecule has 62 valence electrons. The van der Waals surface area contributed by atoms with Gasteiger partial charge in [0.2, 0.25) is 0 Å². The van der Waals surface area contributed by atoms with E-state index in [0.29, 0.717) is 12.2 Å². The molecule has 0 amide bonds. The van der Waals surface area contributed by atoms with Crippen molar-refractivity contribution in [2.24, 2.45) is 5.73 Å². The number of nitrogens with two attached hydrogens (primary N) is 1. The number of hydrogen-bond donors (Lipinski definition) is 1. The molecule has 3 nitrogen and oxygen atoms in total. The maximum Gasteiger partial charge on any atom is 0.141 e. The Kier molecular flexibility index (Phi) is 3.44. The van der Waals surface area contributed by atoms with E-state index in [4.69, 9.17) is 11.0 Å². The van der Waals surface area contributed by atoms with Crippen LogP contribution in [0.25, 0.3) is 0 Å². The quantitative estimate of drug-likeness (QED) is 0.647. The summed E-state index contributed by atoms with van der Waals surface area (Å²) >= 11 is 2.09. The van der Waals surface area contributed by atoms with Gasteiger partial charge in [0.1, 0.15) is 15.5 Å². The summed E-state index contributed by atoms with van der Waals surface area (Å²) in [5.41, 5.74) is 6.94. The maximum atomic E-state index is 8.61. The average molecular weight is 273 g/mol. The van der Waals surface area contributed by atoms with Crippen LogP contribution >= 0.6 is 22.6 Å². The van der Waals surface area contributed by atoms with Crippen LogP contribution in [0.15, 0.2) is 12.1 Å². The van der Waals surface area contributed by atoms with Crippen molar-refractivity contribution in [3.63, 3.8) is 0 Å². The first-order chi connectivity index (χ1) is 5.76. The number of nitrogens with zero attached hydrogens (tertiary/aromatic N) is 2. The van der Waals surface area contributed by atoms with Gasteiger partial charge in [0, 0.05) is 0 Å². The zero-order valence-electron chi connectivity index (χ0n) is 6.42. The first-order valence-electron chi connectivity index (χ1n) is 3.53. The third kappa shape index (κ3) is 2.43. The Balaban J connectivity index is 3.00. The highest BCUT2D eigenvalue weighted by molar-refractivity contribution is 14.1. The highest BCUT2D eigenvalue weighted by Crippen LogP contribution is 2.07. The van der Waals surface area contributed by atoms with Crippen LogP contribution in [0.3, 0.4) is 0 Å². The minimum Gasteiger partial charge on any atom is -0.330 e. The van der Waals surface area contributed by atoms with E-state index in [1.165, 1.54) is 0 Å². The Morgan fingerprint density at radius 2 is 2.33 bits per heavy atom. The largest absolute Gasteiger partial charge is 0.330 e. The van der Waals surface area contributed by atoms with Gasteiger partial charge in [-0.15, -0.1) is 0 Å². The van der Waals surface area contributed by atoms with Gasteiger partial charge in [0.05, 0.1) is 0 Å². The predicted octanol–water partition coefficient (Wildman–Crippen LogP) is 1.06. The lowest BCUT2D eigenvalue weighted by atomic mass is 10.2. The minimum absolute atomic E-state index is 0.463. The van der Waals surface area contributed by atoms with Crippen molar-refractivity contribution < 1.29 is 0 Å². The van der Waals surface area contributed by atoms with Crippen molar-refractivity contribution in [1.29, 1.82) is 5.26 Å². The predicted molar refractivity (Wildman–Crippen MR) is 54.4 cm³/mol. The molecule has 0 spiro atoms. The smallest absolute Gasteiger partial charge is 0.141 e. The lowest BCUT2D eigenvalue weighted by molar-refractivity contribution is 0.958. The molecule has 4 heteroatoms. The highest BCUT2D eigenvalue weighted by atomic mass is 127. The van der Waals surface area contributed by atoms with Crippen LogP contribution < -0.4 is 5.73 Å². The minimum atomic E-state index is 0.463. The Morgan fingerprint density at radius 3 is 2.92 bits per heavy atom. The average Bonchev–Trinajstić information content (AvgIpc) is 2.04. The SMILES string of the molecule is N#Cc1cc(CCN)cc(I)n1. The first-order valence-corrected chi connectivity index (χ1v) is 4.61. The van der Waals surface area contributed by atoms with E-state index in [0.717, 1.165) is 15.7 Å². The van der Waals surface area contributed by atoms with Gasteiger partial charge in [0.15, 0.2) is 0 Å². The molecule has 0 aromatic carbocycles. The molecule has 0 saturated heterocycles. The van der Waals surface area contributed by atoms with E-state index in [1.54, 1.807) is 6.07 Å². The molecule has 0 aliphatic heterocycles. The van der Waals surface area contributed by atoms with Crippen LogP contribution in [0.1, 0.15) is 11.3 Å². The van der Waals surface area contributed by atoms with E-state index in [1.807, 2.05) is 12.1 Å². The standard InChI is InChI=1S/C8H8IN3/c9-8-4-6(1-2-10)3-7(5-11)12-8/h3-4H,1-2,10H2. The van der Waals surface area contributed by atoms with E-state index >= 15 is 0 Å². The Hall–Kier alpha value is -0.670. The molecular formula is C8H8IN3. The number of aromatic nitrogens is 1. The molecule has 0 aliphatic carbocycles. The third-order valence-corrected chi connectivity index (χ3v) is 1.95. The van der Waals surface area contributed by atoms with Crippen molar-refractivity contribution in [2.45, 2.75) is 6.42 Å². The van der Waals surface area contributed by atoms with Crippen molar-refractivity contribution in [3.05, 3.63) is 27.1 Å². The van der Waals surface area contributed by atoms with E-state index < -0.39 is 0 Å². The number of rotatable bonds is 2. The Labute approximate surface area is 84.7 Å². The topological polar surface area (TPSA) is 62.7 Å². The fraction of sp³-hybridized carbons (Fsp3) is 0.250. The van der Waals surface area contributed by atoms with Gasteiger partial charge in [-0.3, -0.25) is 0 Å². The van der Waals surface area contributed by atoms with Crippen LogP contribution in [0.2, 0.25) is 0 Å². The van der Waals surface area contributed by atoms with Crippen LogP contribution in [0, 0.1) is 15.0 Å². The third-order valence-electron chi connectivity index (χ3n) is 1.40. The number of hydrogen-bond acceptors (Lipinski definition) is 3. The van der Waals surface area contributed by atoms with Crippen LogP contribution in [-0.2, 0) is 6.42 Å². The summed E-state index contributed by atoms with van der Waals surface area (Å²) in [5, 5.41) is 8.61. The summed E-state index contributed by atoms with van der Waals surface area (Å²) in [6.07, 6.45) is 0.799. The molecule has 0 bridgehead atoms. The molecule has 0 fully saturated rings. The lowest BCUT2D eigenvalue weighted by Gasteiger charge is -1.99. The fourth-order valence-electron chi connectivity index (χ4n) is 0.918. The second kappa shape index (κ2) is 4.38. The van der Waals surface area contributed by atoms with Gasteiger partial charge in [-0.1, -0.05) is 0 Å². The number of nitriles is 1. The molecule has 12 heavy (non-hydrogen) atoms. The normalized spacial score (nSPS) is 9.42. The fourth-order valence-corrected chi connectivity index (χ4v) is 1.58. The maximum absolute atomic E-state index is 8.61. The van der Waals surface area contributed by atoms with Crippen LogP contribution in [0.5, 0.6) is 0 Å². The molecule has 2 N–H and O–H groups in total. The second-order valence-electron chi connectivity index (χ2n) is 2.33. The van der Waals surface area contributed by atoms with Crippen molar-refractivity contribution in [1.82, 2.24) is 4.98 Å². The lowest BCUT2D eigenvalue weighted by Crippen LogP contribution is -2.03. The summed E-state index contributed by atoms with van der Waals surface area (Å²) in [5.74, 6) is 0. The van der Waals surface area contributed by atoms with Gasteiger partial charge >= 0.3 is 0 Å². The Bertz CT molecular complexity index is 317. The molecular weight excluding hydrogens is 265 g/mol. The van der Waals surface area contributed by atoms with Crippen molar-refractivity contribution in [3.8, 4) is 6.07 Å². The van der Waals surface area contributed by atoms with Crippen molar-refractivity contribution in [2.75, 3.05) is 6.54 Å². The zero-order chi connectivity index (χ0) is 8.97. The molecule has 1 heterocycles. The van der Waals surface area contributed by atoms with Gasteiger partial charge < -0.3 is 5.73 Å². The highest BCUT2D eigenvalue weighted by Gasteiger charge is 1.98. The summed E-state index contributed by atoms with van der Waals surface area (Å²) < 4.78 is 0.843. The van der Waals surface area contributed by atoms with E-state index in [-0.39, 0.29) is 0 Å². The number of halogens is 1. The molecule has 1 aromatic heterocycles. The molecule has 0 unspecified atom stereocenters. The molecule has 1 aromatic rings. The van der Waals surface area contributed by atoms with E-state index in [2.05, 4.69) is 27.6 Å². The monoisotopic (exact) mass is 273 g/mol. The zero-order valence-corrected chi connectivity index (χ0v) is 8.58. The van der Waals surface area contributed by atoms with Gasteiger partial charge in [-0.25, -0.2) is 4.98 Å². The summed E-state index contributed by atoms with van der Waals surface area (Å²) in [6.45, 7) is 0.602. The summed E-state index contributed by atoms with van der Waals surface area (Å²) in [6, 6.07) is 5.72. The molecule has 1 rings (SSSR count). The van der Waals surface area contributed by atoms with Crippen molar-refractivity contribution >= 4 is 22.6 Å². The van der Waals surface area contributed by atoms with Crippen LogP contribution in [-0.4, -0.2) is 11.5 Å². The van der Waals surface area contributed by atoms with Gasteiger partial charge in [-0.05, 0) is 53.3 Å². The molecule has 0 atom stereocenters. The first kappa shape index (κ1) is 9.42. The summed E-state index contributed by atoms with van der Waals surface area (Å²) in [7, 11) is 0. The molecule has 0 aliphatic rings.